The minimum atomic E-state index is 0.289. The Kier molecular flexibility index (Phi) is 6.89. The maximum Gasteiger partial charge on any atom is 0.236 e. The number of guanidine groups is 1. The molecule has 0 radical (unpaired) electrons. The lowest BCUT2D eigenvalue weighted by molar-refractivity contribution is -0.131. The third-order valence-corrected chi connectivity index (χ3v) is 6.27. The maximum absolute atomic E-state index is 12.4. The predicted octanol–water partition coefficient (Wildman–Crippen LogP) is 1.38. The fourth-order valence-corrected chi connectivity index (χ4v) is 4.40. The summed E-state index contributed by atoms with van der Waals surface area (Å²) in [6, 6.07) is 8.78. The zero-order chi connectivity index (χ0) is 20.8. The first-order valence-corrected chi connectivity index (χ1v) is 11.2. The summed E-state index contributed by atoms with van der Waals surface area (Å²) in [6.07, 6.45) is 6.72. The summed E-state index contributed by atoms with van der Waals surface area (Å²) in [7, 11) is 1.84. The van der Waals surface area contributed by atoms with Crippen LogP contribution < -0.4 is 10.2 Å². The molecule has 1 amide bonds. The van der Waals surface area contributed by atoms with Gasteiger partial charge in [-0.1, -0.05) is 24.3 Å². The van der Waals surface area contributed by atoms with Crippen molar-refractivity contribution in [3.63, 3.8) is 0 Å². The van der Waals surface area contributed by atoms with Crippen LogP contribution in [0.15, 0.2) is 41.4 Å². The van der Waals surface area contributed by atoms with Crippen LogP contribution in [-0.4, -0.2) is 92.5 Å². The van der Waals surface area contributed by atoms with Gasteiger partial charge in [-0.15, -0.1) is 0 Å². The summed E-state index contributed by atoms with van der Waals surface area (Å²) in [5.41, 5.74) is 2.52. The highest BCUT2D eigenvalue weighted by Gasteiger charge is 2.24. The Morgan fingerprint density at radius 1 is 0.933 bits per heavy atom. The van der Waals surface area contributed by atoms with Gasteiger partial charge >= 0.3 is 0 Å². The van der Waals surface area contributed by atoms with Crippen LogP contribution in [0.3, 0.4) is 0 Å². The van der Waals surface area contributed by atoms with Crippen molar-refractivity contribution in [2.24, 2.45) is 4.99 Å². The van der Waals surface area contributed by atoms with Gasteiger partial charge in [-0.2, -0.15) is 0 Å². The van der Waals surface area contributed by atoms with Gasteiger partial charge in [0.25, 0.3) is 0 Å². The Bertz CT molecular complexity index is 752. The molecule has 7 nitrogen and oxygen atoms in total. The largest absolute Gasteiger partial charge is 0.364 e. The molecule has 0 saturated carbocycles. The molecule has 4 rings (SSSR count). The summed E-state index contributed by atoms with van der Waals surface area (Å²) >= 11 is 0. The van der Waals surface area contributed by atoms with E-state index in [4.69, 9.17) is 0 Å². The second-order valence-electron chi connectivity index (χ2n) is 8.29. The molecule has 0 spiro atoms. The molecule has 1 aromatic carbocycles. The van der Waals surface area contributed by atoms with Gasteiger partial charge in [0.15, 0.2) is 5.96 Å². The number of aliphatic imine (C=N–C) groups is 1. The number of rotatable bonds is 5. The van der Waals surface area contributed by atoms with Crippen LogP contribution in [0, 0.1) is 0 Å². The fraction of sp³-hybridized carbons (Fsp3) is 0.565. The van der Waals surface area contributed by atoms with Crippen molar-refractivity contribution in [1.29, 1.82) is 0 Å². The molecule has 0 atom stereocenters. The van der Waals surface area contributed by atoms with Crippen LogP contribution in [0.1, 0.15) is 18.4 Å². The monoisotopic (exact) mass is 410 g/mol. The van der Waals surface area contributed by atoms with Crippen molar-refractivity contribution >= 4 is 17.6 Å². The van der Waals surface area contributed by atoms with Crippen LogP contribution in [0.25, 0.3) is 0 Å². The molecule has 162 valence electrons. The quantitative estimate of drug-likeness (QED) is 0.452. The van der Waals surface area contributed by atoms with Gasteiger partial charge in [-0.05, 0) is 30.5 Å². The van der Waals surface area contributed by atoms with E-state index in [1.165, 1.54) is 11.3 Å². The molecule has 1 aromatic rings. The van der Waals surface area contributed by atoms with E-state index in [1.807, 2.05) is 11.9 Å². The molecule has 0 aliphatic carbocycles. The summed E-state index contributed by atoms with van der Waals surface area (Å²) in [6.45, 7) is 8.78. The van der Waals surface area contributed by atoms with Gasteiger partial charge in [0.2, 0.25) is 5.91 Å². The number of piperazine rings is 1. The van der Waals surface area contributed by atoms with Gasteiger partial charge in [-0.3, -0.25) is 14.7 Å². The summed E-state index contributed by atoms with van der Waals surface area (Å²) in [5, 5.41) is 3.50. The lowest BCUT2D eigenvalue weighted by Gasteiger charge is -2.36. The SMILES string of the molecule is CN=C(NCc1ccc(N2CC=CC2)cc1)N1CCN(CC(=O)N2CCCC2)CC1. The average Bonchev–Trinajstić information content (AvgIpc) is 3.50. The number of likely N-dealkylation sites (tertiary alicyclic amines) is 1. The van der Waals surface area contributed by atoms with Gasteiger partial charge < -0.3 is 20.0 Å². The van der Waals surface area contributed by atoms with Crippen molar-refractivity contribution < 1.29 is 4.79 Å². The maximum atomic E-state index is 12.4. The van der Waals surface area contributed by atoms with E-state index >= 15 is 0 Å². The third kappa shape index (κ3) is 5.14. The smallest absolute Gasteiger partial charge is 0.236 e. The van der Waals surface area contributed by atoms with Crippen molar-refractivity contribution in [3.8, 4) is 0 Å². The molecule has 0 unspecified atom stereocenters. The van der Waals surface area contributed by atoms with Crippen molar-refractivity contribution in [2.45, 2.75) is 19.4 Å². The highest BCUT2D eigenvalue weighted by atomic mass is 16.2. The first-order valence-electron chi connectivity index (χ1n) is 11.2. The van der Waals surface area contributed by atoms with E-state index in [9.17, 15) is 4.79 Å². The van der Waals surface area contributed by atoms with Crippen LogP contribution in [0.2, 0.25) is 0 Å². The highest BCUT2D eigenvalue weighted by Crippen LogP contribution is 2.17. The molecule has 2 fully saturated rings. The normalized spacial score (nSPS) is 20.3. The van der Waals surface area contributed by atoms with E-state index < -0.39 is 0 Å². The second kappa shape index (κ2) is 9.98. The Morgan fingerprint density at radius 3 is 2.23 bits per heavy atom. The van der Waals surface area contributed by atoms with E-state index in [0.29, 0.717) is 6.54 Å². The van der Waals surface area contributed by atoms with Crippen molar-refractivity contribution in [1.82, 2.24) is 20.0 Å². The molecule has 1 N–H and O–H groups in total. The Labute approximate surface area is 180 Å². The number of carbonyl (C=O) groups is 1. The summed E-state index contributed by atoms with van der Waals surface area (Å²) < 4.78 is 0. The molecular formula is C23H34N6O. The van der Waals surface area contributed by atoms with Crippen molar-refractivity contribution in [2.75, 3.05) is 70.9 Å². The zero-order valence-corrected chi connectivity index (χ0v) is 18.1. The molecule has 0 aromatic heterocycles. The van der Waals surface area contributed by atoms with Gasteiger partial charge in [0.05, 0.1) is 6.54 Å². The molecule has 3 aliphatic heterocycles. The predicted molar refractivity (Wildman–Crippen MR) is 122 cm³/mol. The minimum absolute atomic E-state index is 0.289. The van der Waals surface area contributed by atoms with Gasteiger partial charge in [-0.25, -0.2) is 0 Å². The van der Waals surface area contributed by atoms with Crippen LogP contribution in [0.5, 0.6) is 0 Å². The zero-order valence-electron chi connectivity index (χ0n) is 18.1. The Morgan fingerprint density at radius 2 is 1.60 bits per heavy atom. The fourth-order valence-electron chi connectivity index (χ4n) is 4.40. The van der Waals surface area contributed by atoms with Crippen LogP contribution >= 0.6 is 0 Å². The van der Waals surface area contributed by atoms with Crippen LogP contribution in [-0.2, 0) is 11.3 Å². The molecule has 3 heterocycles. The number of hydrogen-bond donors (Lipinski definition) is 1. The number of nitrogens with zero attached hydrogens (tertiary/aromatic N) is 5. The molecule has 2 saturated heterocycles. The second-order valence-corrected chi connectivity index (χ2v) is 8.29. The van der Waals surface area contributed by atoms with Gasteiger partial charge in [0, 0.05) is 71.6 Å². The number of carbonyl (C=O) groups excluding carboxylic acids is 1. The Balaban J connectivity index is 1.21. The Hall–Kier alpha value is -2.54. The van der Waals surface area contributed by atoms with E-state index in [-0.39, 0.29) is 5.91 Å². The number of amides is 1. The van der Waals surface area contributed by atoms with E-state index in [1.54, 1.807) is 0 Å². The van der Waals surface area contributed by atoms with Gasteiger partial charge in [0.1, 0.15) is 0 Å². The lowest BCUT2D eigenvalue weighted by Crippen LogP contribution is -2.54. The number of anilines is 1. The third-order valence-electron chi connectivity index (χ3n) is 6.27. The summed E-state index contributed by atoms with van der Waals surface area (Å²) in [5.74, 6) is 1.23. The molecule has 0 bridgehead atoms. The molecule has 3 aliphatic rings. The van der Waals surface area contributed by atoms with E-state index in [2.05, 4.69) is 61.4 Å². The average molecular weight is 411 g/mol. The first kappa shape index (κ1) is 20.7. The number of benzene rings is 1. The van der Waals surface area contributed by atoms with Crippen LogP contribution in [0.4, 0.5) is 5.69 Å². The standard InChI is InChI=1S/C23H34N6O/c1-24-23(25-18-20-6-8-21(9-7-20)27-10-2-3-11-27)29-16-14-26(15-17-29)19-22(30)28-12-4-5-13-28/h2-3,6-9H,4-5,10-19H2,1H3,(H,24,25). The van der Waals surface area contributed by atoms with E-state index in [0.717, 1.165) is 77.7 Å². The molecular weight excluding hydrogens is 376 g/mol. The first-order chi connectivity index (χ1) is 14.7. The molecule has 30 heavy (non-hydrogen) atoms. The lowest BCUT2D eigenvalue weighted by atomic mass is 10.2. The minimum Gasteiger partial charge on any atom is -0.364 e. The summed E-state index contributed by atoms with van der Waals surface area (Å²) in [4.78, 5) is 25.8. The molecule has 7 heteroatoms. The number of nitrogens with one attached hydrogen (secondary N) is 1. The van der Waals surface area contributed by atoms with Crippen molar-refractivity contribution in [3.05, 3.63) is 42.0 Å². The highest BCUT2D eigenvalue weighted by molar-refractivity contribution is 5.80. The number of hydrogen-bond acceptors (Lipinski definition) is 4. The topological polar surface area (TPSA) is 54.4 Å².